The molecule has 3 amide bonds. The van der Waals surface area contributed by atoms with E-state index >= 15 is 0 Å². The number of phenolic OH excluding ortho intramolecular Hbond substituents is 1. The Hall–Kier alpha value is -3.90. The minimum atomic E-state index is -0.891. The molecule has 0 spiro atoms. The molecule has 3 atom stereocenters. The van der Waals surface area contributed by atoms with Crippen molar-refractivity contribution in [1.82, 2.24) is 9.47 Å². The van der Waals surface area contributed by atoms with Crippen LogP contribution in [0, 0.1) is 5.92 Å². The van der Waals surface area contributed by atoms with E-state index in [-0.39, 0.29) is 29.7 Å². The molecular formula is C30H29N3O7S2. The van der Waals surface area contributed by atoms with Crippen LogP contribution in [0.5, 0.6) is 5.75 Å². The third kappa shape index (κ3) is 4.82. The summed E-state index contributed by atoms with van der Waals surface area (Å²) in [5.41, 5.74) is 1.04. The van der Waals surface area contributed by atoms with Crippen molar-refractivity contribution in [3.05, 3.63) is 74.2 Å². The number of hydrogen-bond acceptors (Lipinski definition) is 9. The number of esters is 1. The topological polar surface area (TPSA) is 126 Å². The van der Waals surface area contributed by atoms with Gasteiger partial charge in [-0.25, -0.2) is 9.69 Å². The number of piperidine rings is 1. The Morgan fingerprint density at radius 1 is 0.976 bits per heavy atom. The number of thioether (sulfide) groups is 1. The van der Waals surface area contributed by atoms with E-state index in [0.29, 0.717) is 39.8 Å². The monoisotopic (exact) mass is 607 g/mol. The van der Waals surface area contributed by atoms with Gasteiger partial charge in [0.25, 0.3) is 0 Å². The van der Waals surface area contributed by atoms with Gasteiger partial charge in [0.1, 0.15) is 17.5 Å². The Kier molecular flexibility index (Phi) is 7.67. The van der Waals surface area contributed by atoms with E-state index in [1.54, 1.807) is 30.0 Å². The summed E-state index contributed by atoms with van der Waals surface area (Å²) in [6, 6.07) is 12.7. The van der Waals surface area contributed by atoms with Crippen molar-refractivity contribution >= 4 is 52.5 Å². The lowest BCUT2D eigenvalue weighted by atomic mass is 9.82. The van der Waals surface area contributed by atoms with Gasteiger partial charge in [-0.1, -0.05) is 41.3 Å². The summed E-state index contributed by atoms with van der Waals surface area (Å²) in [6.45, 7) is 3.07. The van der Waals surface area contributed by atoms with E-state index in [1.807, 2.05) is 0 Å². The zero-order chi connectivity index (χ0) is 29.5. The van der Waals surface area contributed by atoms with Gasteiger partial charge in [-0.2, -0.15) is 0 Å². The minimum Gasteiger partial charge on any atom is -0.508 e. The van der Waals surface area contributed by atoms with Gasteiger partial charge >= 0.3 is 10.8 Å². The Bertz CT molecular complexity index is 1620. The molecule has 2 aromatic carbocycles. The second kappa shape index (κ2) is 11.4. The summed E-state index contributed by atoms with van der Waals surface area (Å²) in [6.07, 6.45) is 2.91. The van der Waals surface area contributed by atoms with Gasteiger partial charge in [-0.3, -0.25) is 23.7 Å². The molecule has 1 aromatic heterocycles. The van der Waals surface area contributed by atoms with Crippen molar-refractivity contribution in [2.24, 2.45) is 5.92 Å². The van der Waals surface area contributed by atoms with E-state index in [2.05, 4.69) is 0 Å². The lowest BCUT2D eigenvalue weighted by Gasteiger charge is -2.31. The summed E-state index contributed by atoms with van der Waals surface area (Å²) >= 11 is 2.08. The van der Waals surface area contributed by atoms with Gasteiger partial charge in [-0.15, -0.1) is 0 Å². The molecule has 12 heteroatoms. The maximum Gasteiger partial charge on any atom is 0.338 e. The maximum atomic E-state index is 14.0. The first-order chi connectivity index (χ1) is 20.3. The molecule has 0 bridgehead atoms. The van der Waals surface area contributed by atoms with Crippen molar-refractivity contribution in [3.8, 4) is 5.75 Å². The van der Waals surface area contributed by atoms with E-state index in [4.69, 9.17) is 4.74 Å². The highest BCUT2D eigenvalue weighted by Crippen LogP contribution is 2.55. The molecule has 2 saturated heterocycles. The van der Waals surface area contributed by atoms with Gasteiger partial charge in [-0.05, 0) is 56.5 Å². The summed E-state index contributed by atoms with van der Waals surface area (Å²) in [4.78, 5) is 69.6. The highest BCUT2D eigenvalue weighted by atomic mass is 32.2. The van der Waals surface area contributed by atoms with Crippen molar-refractivity contribution < 1.29 is 29.0 Å². The van der Waals surface area contributed by atoms with Crippen LogP contribution in [-0.4, -0.2) is 63.2 Å². The Labute approximate surface area is 249 Å². The second-order valence-electron chi connectivity index (χ2n) is 10.4. The molecule has 6 rings (SSSR count). The number of rotatable bonds is 6. The molecule has 218 valence electrons. The molecule has 1 N–H and O–H groups in total. The predicted octanol–water partition coefficient (Wildman–Crippen LogP) is 3.60. The van der Waals surface area contributed by atoms with Crippen LogP contribution in [0.1, 0.15) is 52.9 Å². The molecule has 0 aliphatic carbocycles. The molecule has 3 aromatic rings. The molecule has 0 saturated carbocycles. The lowest BCUT2D eigenvalue weighted by Crippen LogP contribution is -2.39. The van der Waals surface area contributed by atoms with Gasteiger partial charge in [0.05, 0.1) is 28.8 Å². The molecule has 3 unspecified atom stereocenters. The third-order valence-electron chi connectivity index (χ3n) is 7.96. The van der Waals surface area contributed by atoms with Crippen LogP contribution >= 0.6 is 23.1 Å². The van der Waals surface area contributed by atoms with Crippen LogP contribution in [0.15, 0.2) is 58.4 Å². The summed E-state index contributed by atoms with van der Waals surface area (Å²) in [5, 5.41) is 10.5. The average molecular weight is 608 g/mol. The number of carbonyl (C=O) groups excluding carboxylic acids is 4. The maximum absolute atomic E-state index is 14.0. The molecule has 0 radical (unpaired) electrons. The number of likely N-dealkylation sites (tertiary alicyclic amines) is 1. The Morgan fingerprint density at radius 2 is 1.69 bits per heavy atom. The van der Waals surface area contributed by atoms with Gasteiger partial charge in [0.15, 0.2) is 0 Å². The first-order valence-electron chi connectivity index (χ1n) is 13.9. The zero-order valence-corrected chi connectivity index (χ0v) is 24.5. The third-order valence-corrected chi connectivity index (χ3v) is 10.6. The number of aromatic nitrogens is 1. The van der Waals surface area contributed by atoms with E-state index < -0.39 is 34.9 Å². The number of fused-ring (bicyclic) bond motifs is 2. The number of imide groups is 1. The van der Waals surface area contributed by atoms with Crippen molar-refractivity contribution in [1.29, 1.82) is 0 Å². The molecule has 4 heterocycles. The van der Waals surface area contributed by atoms with E-state index in [9.17, 15) is 29.1 Å². The zero-order valence-electron chi connectivity index (χ0n) is 22.9. The SMILES string of the molecule is CCOC(=O)c1ccc(N2C(=O)C3Sc4c(sc(=O)n4CC(=O)N4CCCCC4)C(c4ccccc4O)C3C2=O)cc1. The van der Waals surface area contributed by atoms with Crippen LogP contribution in [-0.2, 0) is 25.7 Å². The lowest BCUT2D eigenvalue weighted by molar-refractivity contribution is -0.133. The van der Waals surface area contributed by atoms with Crippen molar-refractivity contribution in [2.45, 2.75) is 48.9 Å². The van der Waals surface area contributed by atoms with Crippen LogP contribution in [0.2, 0.25) is 0 Å². The average Bonchev–Trinajstić information content (AvgIpc) is 3.44. The number of phenols is 1. The number of thiazole rings is 1. The molecule has 10 nitrogen and oxygen atoms in total. The van der Waals surface area contributed by atoms with E-state index in [1.165, 1.54) is 34.9 Å². The first-order valence-corrected chi connectivity index (χ1v) is 15.6. The minimum absolute atomic E-state index is 0.0478. The van der Waals surface area contributed by atoms with Gasteiger partial charge in [0.2, 0.25) is 17.7 Å². The van der Waals surface area contributed by atoms with Crippen LogP contribution in [0.4, 0.5) is 5.69 Å². The highest BCUT2D eigenvalue weighted by molar-refractivity contribution is 8.00. The number of carbonyl (C=O) groups is 4. The smallest absolute Gasteiger partial charge is 0.338 e. The summed E-state index contributed by atoms with van der Waals surface area (Å²) in [5.74, 6) is -3.29. The van der Waals surface area contributed by atoms with Crippen LogP contribution in [0.25, 0.3) is 0 Å². The molecular weight excluding hydrogens is 578 g/mol. The number of nitrogens with zero attached hydrogens (tertiary/aromatic N) is 3. The summed E-state index contributed by atoms with van der Waals surface area (Å²) < 4.78 is 6.45. The highest BCUT2D eigenvalue weighted by Gasteiger charge is 2.57. The molecule has 3 aliphatic rings. The standard InChI is InChI=1S/C30H29N3O7S2/c1-2-40-29(38)17-10-12-18(13-11-17)33-26(36)23-22(19-8-4-5-9-20(19)34)25-28(41-24(23)27(33)37)32(30(39)42-25)16-21(35)31-14-6-3-7-15-31/h4-5,8-13,22-24,34H,2-3,6-7,14-16H2,1H3. The number of para-hydroxylation sites is 1. The predicted molar refractivity (Wildman–Crippen MR) is 157 cm³/mol. The number of ether oxygens (including phenoxy) is 1. The first kappa shape index (κ1) is 28.2. The Balaban J connectivity index is 1.40. The second-order valence-corrected chi connectivity index (χ2v) is 12.6. The van der Waals surface area contributed by atoms with Gasteiger partial charge in [0, 0.05) is 29.4 Å². The van der Waals surface area contributed by atoms with Gasteiger partial charge < -0.3 is 14.7 Å². The van der Waals surface area contributed by atoms with Crippen LogP contribution < -0.4 is 9.77 Å². The number of hydrogen-bond donors (Lipinski definition) is 1. The fraction of sp³-hybridized carbons (Fsp3) is 0.367. The molecule has 2 fully saturated rings. The fourth-order valence-electron chi connectivity index (χ4n) is 5.94. The van der Waals surface area contributed by atoms with Crippen LogP contribution in [0.3, 0.4) is 0 Å². The number of amides is 3. The van der Waals surface area contributed by atoms with Crippen molar-refractivity contribution in [2.75, 3.05) is 24.6 Å². The normalized spacial score (nSPS) is 21.7. The van der Waals surface area contributed by atoms with Crippen molar-refractivity contribution in [3.63, 3.8) is 0 Å². The number of aromatic hydroxyl groups is 1. The Morgan fingerprint density at radius 3 is 2.38 bits per heavy atom. The van der Waals surface area contributed by atoms with E-state index in [0.717, 1.165) is 47.3 Å². The molecule has 42 heavy (non-hydrogen) atoms. The number of anilines is 1. The number of benzene rings is 2. The summed E-state index contributed by atoms with van der Waals surface area (Å²) in [7, 11) is 0. The molecule has 3 aliphatic heterocycles. The fourth-order valence-corrected chi connectivity index (χ4v) is 8.70. The largest absolute Gasteiger partial charge is 0.508 e. The quantitative estimate of drug-likeness (QED) is 0.333.